The molecule has 2 fully saturated rings. The Balaban J connectivity index is 2.07. The molecule has 0 aromatic heterocycles. The Labute approximate surface area is 112 Å². The van der Waals surface area contributed by atoms with Crippen LogP contribution in [0.1, 0.15) is 32.6 Å². The molecular weight excluding hydrogens is 248 g/mol. The Morgan fingerprint density at radius 1 is 1.37 bits per heavy atom. The highest BCUT2D eigenvalue weighted by atomic mass is 16.4. The van der Waals surface area contributed by atoms with Crippen LogP contribution in [0.15, 0.2) is 0 Å². The molecule has 106 valence electrons. The lowest BCUT2D eigenvalue weighted by molar-refractivity contribution is -0.154. The molecule has 1 N–H and O–H groups in total. The molecule has 0 aromatic carbocycles. The fourth-order valence-electron chi connectivity index (χ4n) is 2.52. The van der Waals surface area contributed by atoms with Crippen LogP contribution in [-0.4, -0.2) is 58.4 Å². The second kappa shape index (κ2) is 5.19. The Morgan fingerprint density at radius 2 is 2.00 bits per heavy atom. The number of carbonyl (C=O) groups excluding carboxylic acids is 2. The predicted octanol–water partition coefficient (Wildman–Crippen LogP) is 0.319. The average Bonchev–Trinajstić information content (AvgIpc) is 3.17. The van der Waals surface area contributed by atoms with E-state index in [1.165, 1.54) is 11.8 Å². The SMILES string of the molecule is CC(C(=O)O)N(C(=O)C1CCN(C)C(=O)C1)C1CC1. The van der Waals surface area contributed by atoms with Crippen molar-refractivity contribution in [3.63, 3.8) is 0 Å². The van der Waals surface area contributed by atoms with Gasteiger partial charge in [0.2, 0.25) is 11.8 Å². The smallest absolute Gasteiger partial charge is 0.326 e. The van der Waals surface area contributed by atoms with E-state index < -0.39 is 12.0 Å². The van der Waals surface area contributed by atoms with Gasteiger partial charge in [-0.15, -0.1) is 0 Å². The molecule has 1 aliphatic heterocycles. The number of piperidine rings is 1. The molecule has 2 aliphatic rings. The first-order valence-electron chi connectivity index (χ1n) is 6.70. The van der Waals surface area contributed by atoms with Gasteiger partial charge in [0.25, 0.3) is 0 Å². The summed E-state index contributed by atoms with van der Waals surface area (Å²) in [5.41, 5.74) is 0. The van der Waals surface area contributed by atoms with Crippen LogP contribution >= 0.6 is 0 Å². The monoisotopic (exact) mass is 268 g/mol. The number of hydrogen-bond acceptors (Lipinski definition) is 3. The molecule has 2 rings (SSSR count). The molecule has 6 nitrogen and oxygen atoms in total. The van der Waals surface area contributed by atoms with Crippen LogP contribution < -0.4 is 0 Å². The summed E-state index contributed by atoms with van der Waals surface area (Å²) in [6.45, 7) is 2.10. The third kappa shape index (κ3) is 2.88. The Hall–Kier alpha value is -1.59. The number of hydrogen-bond donors (Lipinski definition) is 1. The summed E-state index contributed by atoms with van der Waals surface area (Å²) in [5, 5.41) is 9.10. The zero-order chi connectivity index (χ0) is 14.2. The first-order chi connectivity index (χ1) is 8.91. The van der Waals surface area contributed by atoms with Gasteiger partial charge in [-0.3, -0.25) is 9.59 Å². The van der Waals surface area contributed by atoms with E-state index >= 15 is 0 Å². The van der Waals surface area contributed by atoms with Crippen LogP contribution in [0, 0.1) is 5.92 Å². The van der Waals surface area contributed by atoms with E-state index in [0.717, 1.165) is 12.8 Å². The molecule has 0 spiro atoms. The number of rotatable bonds is 4. The number of carbonyl (C=O) groups is 3. The van der Waals surface area contributed by atoms with Crippen molar-refractivity contribution >= 4 is 17.8 Å². The lowest BCUT2D eigenvalue weighted by Gasteiger charge is -2.34. The molecule has 0 aromatic rings. The largest absolute Gasteiger partial charge is 0.480 e. The van der Waals surface area contributed by atoms with Crippen LogP contribution in [0.25, 0.3) is 0 Å². The maximum atomic E-state index is 12.5. The number of likely N-dealkylation sites (tertiary alicyclic amines) is 1. The molecular formula is C13H20N2O4. The second-order valence-corrected chi connectivity index (χ2v) is 5.50. The van der Waals surface area contributed by atoms with E-state index in [-0.39, 0.29) is 30.2 Å². The third-order valence-electron chi connectivity index (χ3n) is 3.98. The van der Waals surface area contributed by atoms with Gasteiger partial charge in [0.15, 0.2) is 0 Å². The summed E-state index contributed by atoms with van der Waals surface area (Å²) in [4.78, 5) is 38.3. The quantitative estimate of drug-likeness (QED) is 0.796. The van der Waals surface area contributed by atoms with Crippen molar-refractivity contribution < 1.29 is 19.5 Å². The van der Waals surface area contributed by atoms with Gasteiger partial charge in [-0.2, -0.15) is 0 Å². The van der Waals surface area contributed by atoms with Gasteiger partial charge in [0, 0.05) is 32.0 Å². The first-order valence-corrected chi connectivity index (χ1v) is 6.70. The molecule has 2 atom stereocenters. The first kappa shape index (κ1) is 13.8. The minimum atomic E-state index is -0.987. The Morgan fingerprint density at radius 3 is 2.47 bits per heavy atom. The molecule has 1 saturated heterocycles. The standard InChI is InChI=1S/C13H20N2O4/c1-8(13(18)19)15(10-3-4-10)12(17)9-5-6-14(2)11(16)7-9/h8-10H,3-7H2,1-2H3,(H,18,19). The number of aliphatic carboxylic acids is 1. The van der Waals surface area contributed by atoms with Gasteiger partial charge in [0.05, 0.1) is 0 Å². The summed E-state index contributed by atoms with van der Waals surface area (Å²) >= 11 is 0. The number of amides is 2. The van der Waals surface area contributed by atoms with Gasteiger partial charge in [-0.25, -0.2) is 4.79 Å². The summed E-state index contributed by atoms with van der Waals surface area (Å²) < 4.78 is 0. The van der Waals surface area contributed by atoms with Crippen molar-refractivity contribution in [3.8, 4) is 0 Å². The summed E-state index contributed by atoms with van der Waals surface area (Å²) in [6, 6.07) is -0.761. The summed E-state index contributed by atoms with van der Waals surface area (Å²) in [5.74, 6) is -1.55. The molecule has 0 radical (unpaired) electrons. The molecule has 2 amide bonds. The maximum Gasteiger partial charge on any atom is 0.326 e. The fraction of sp³-hybridized carbons (Fsp3) is 0.769. The predicted molar refractivity (Wildman–Crippen MR) is 67.3 cm³/mol. The topological polar surface area (TPSA) is 77.9 Å². The number of nitrogens with zero attached hydrogens (tertiary/aromatic N) is 2. The van der Waals surface area contributed by atoms with Gasteiger partial charge in [-0.05, 0) is 26.2 Å². The van der Waals surface area contributed by atoms with Crippen LogP contribution in [0.4, 0.5) is 0 Å². The van der Waals surface area contributed by atoms with Gasteiger partial charge < -0.3 is 14.9 Å². The molecule has 2 unspecified atom stereocenters. The normalized spacial score (nSPS) is 25.1. The van der Waals surface area contributed by atoms with Gasteiger partial charge >= 0.3 is 5.97 Å². The van der Waals surface area contributed by atoms with Crippen molar-refractivity contribution in [2.45, 2.75) is 44.7 Å². The van der Waals surface area contributed by atoms with E-state index in [9.17, 15) is 14.4 Å². The molecule has 1 aliphatic carbocycles. The van der Waals surface area contributed by atoms with Gasteiger partial charge in [-0.1, -0.05) is 0 Å². The molecule has 19 heavy (non-hydrogen) atoms. The molecule has 0 bridgehead atoms. The highest BCUT2D eigenvalue weighted by Gasteiger charge is 2.42. The van der Waals surface area contributed by atoms with E-state index in [4.69, 9.17) is 5.11 Å². The summed E-state index contributed by atoms with van der Waals surface area (Å²) in [6.07, 6.45) is 2.55. The van der Waals surface area contributed by atoms with Crippen LogP contribution in [0.2, 0.25) is 0 Å². The lowest BCUT2D eigenvalue weighted by Crippen LogP contribution is -2.50. The zero-order valence-electron chi connectivity index (χ0n) is 11.3. The Bertz CT molecular complexity index is 405. The maximum absolute atomic E-state index is 12.5. The highest BCUT2D eigenvalue weighted by molar-refractivity contribution is 5.89. The van der Waals surface area contributed by atoms with Crippen molar-refractivity contribution in [3.05, 3.63) is 0 Å². The van der Waals surface area contributed by atoms with Crippen molar-refractivity contribution in [1.82, 2.24) is 9.80 Å². The third-order valence-corrected chi connectivity index (χ3v) is 3.98. The highest BCUT2D eigenvalue weighted by Crippen LogP contribution is 2.32. The number of carboxylic acid groups (broad SMARTS) is 1. The van der Waals surface area contributed by atoms with Crippen LogP contribution in [0.5, 0.6) is 0 Å². The van der Waals surface area contributed by atoms with Crippen molar-refractivity contribution in [2.75, 3.05) is 13.6 Å². The second-order valence-electron chi connectivity index (χ2n) is 5.50. The summed E-state index contributed by atoms with van der Waals surface area (Å²) in [7, 11) is 1.72. The zero-order valence-corrected chi connectivity index (χ0v) is 11.3. The van der Waals surface area contributed by atoms with Gasteiger partial charge in [0.1, 0.15) is 6.04 Å². The minimum absolute atomic E-state index is 0.0386. The molecule has 6 heteroatoms. The molecule has 1 heterocycles. The van der Waals surface area contributed by atoms with Crippen LogP contribution in [-0.2, 0) is 14.4 Å². The number of carboxylic acids is 1. The van der Waals surface area contributed by atoms with Crippen LogP contribution in [0.3, 0.4) is 0 Å². The van der Waals surface area contributed by atoms with Crippen molar-refractivity contribution in [1.29, 1.82) is 0 Å². The van der Waals surface area contributed by atoms with E-state index in [1.807, 2.05) is 0 Å². The van der Waals surface area contributed by atoms with Crippen molar-refractivity contribution in [2.24, 2.45) is 5.92 Å². The van der Waals surface area contributed by atoms with E-state index in [2.05, 4.69) is 0 Å². The lowest BCUT2D eigenvalue weighted by atomic mass is 9.94. The average molecular weight is 268 g/mol. The Kier molecular flexibility index (Phi) is 3.78. The minimum Gasteiger partial charge on any atom is -0.480 e. The molecule has 1 saturated carbocycles. The van der Waals surface area contributed by atoms with E-state index in [0.29, 0.717) is 13.0 Å². The fourth-order valence-corrected chi connectivity index (χ4v) is 2.52. The van der Waals surface area contributed by atoms with E-state index in [1.54, 1.807) is 11.9 Å².